The molecule has 0 amide bonds. The lowest BCUT2D eigenvalue weighted by molar-refractivity contribution is 0.286. The molecule has 1 aromatic carbocycles. The average Bonchev–Trinajstić information content (AvgIpc) is 2.85. The summed E-state index contributed by atoms with van der Waals surface area (Å²) in [6.07, 6.45) is 3.51. The van der Waals surface area contributed by atoms with Gasteiger partial charge in [-0.15, -0.1) is 0 Å². The fraction of sp³-hybridized carbons (Fsp3) is 0.312. The molecule has 0 aliphatic heterocycles. The standard InChI is InChI=1S/C16H18N4O3/c1-2-3-8-23-15-17-9-13-14(19-15)20(16(22)18-13)10-11-4-6-12(21)7-5-11/h4-7,9,21H,2-3,8,10H2,1H3,(H,18,22). The van der Waals surface area contributed by atoms with Gasteiger partial charge in [0.05, 0.1) is 19.3 Å². The van der Waals surface area contributed by atoms with Crippen molar-refractivity contribution < 1.29 is 9.84 Å². The van der Waals surface area contributed by atoms with E-state index in [1.54, 1.807) is 30.5 Å². The molecule has 23 heavy (non-hydrogen) atoms. The molecular formula is C16H18N4O3. The number of aromatic amines is 1. The molecule has 2 N–H and O–H groups in total. The number of rotatable bonds is 6. The van der Waals surface area contributed by atoms with Crippen molar-refractivity contribution >= 4 is 11.2 Å². The number of hydrogen-bond acceptors (Lipinski definition) is 5. The molecule has 0 aliphatic rings. The first-order chi connectivity index (χ1) is 11.2. The zero-order valence-corrected chi connectivity index (χ0v) is 12.8. The lowest BCUT2D eigenvalue weighted by atomic mass is 10.2. The molecule has 3 aromatic rings. The monoisotopic (exact) mass is 314 g/mol. The lowest BCUT2D eigenvalue weighted by Crippen LogP contribution is -2.17. The molecule has 0 fully saturated rings. The third-order valence-electron chi connectivity index (χ3n) is 3.50. The summed E-state index contributed by atoms with van der Waals surface area (Å²) in [5.41, 5.74) is 1.70. The van der Waals surface area contributed by atoms with Crippen LogP contribution in [0.25, 0.3) is 11.2 Å². The van der Waals surface area contributed by atoms with Gasteiger partial charge in [-0.25, -0.2) is 9.78 Å². The second-order valence-electron chi connectivity index (χ2n) is 5.27. The van der Waals surface area contributed by atoms with Crippen LogP contribution >= 0.6 is 0 Å². The molecule has 0 atom stereocenters. The summed E-state index contributed by atoms with van der Waals surface area (Å²) in [6.45, 7) is 2.98. The summed E-state index contributed by atoms with van der Waals surface area (Å²) in [5.74, 6) is 0.189. The molecule has 2 heterocycles. The Bertz CT molecular complexity index is 852. The highest BCUT2D eigenvalue weighted by Gasteiger charge is 2.11. The van der Waals surface area contributed by atoms with Crippen molar-refractivity contribution in [3.8, 4) is 11.8 Å². The normalized spacial score (nSPS) is 11.0. The third-order valence-corrected chi connectivity index (χ3v) is 3.50. The smallest absolute Gasteiger partial charge is 0.328 e. The van der Waals surface area contributed by atoms with Crippen LogP contribution in [0.1, 0.15) is 25.3 Å². The van der Waals surface area contributed by atoms with E-state index in [0.717, 1.165) is 18.4 Å². The minimum absolute atomic E-state index is 0.189. The number of imidazole rings is 1. The third kappa shape index (κ3) is 3.33. The highest BCUT2D eigenvalue weighted by molar-refractivity contribution is 5.69. The molecule has 0 saturated carbocycles. The number of nitrogens with one attached hydrogen (secondary N) is 1. The number of phenolic OH excluding ortho intramolecular Hbond substituents is 1. The van der Waals surface area contributed by atoms with Gasteiger partial charge in [-0.3, -0.25) is 4.57 Å². The number of benzene rings is 1. The molecule has 3 rings (SSSR count). The van der Waals surface area contributed by atoms with Gasteiger partial charge in [0.1, 0.15) is 11.3 Å². The number of unbranched alkanes of at least 4 members (excludes halogenated alkanes) is 1. The molecule has 0 bridgehead atoms. The van der Waals surface area contributed by atoms with Crippen molar-refractivity contribution in [2.45, 2.75) is 26.3 Å². The second-order valence-corrected chi connectivity index (χ2v) is 5.27. The first-order valence-corrected chi connectivity index (χ1v) is 7.53. The molecular weight excluding hydrogens is 296 g/mol. The number of nitrogens with zero attached hydrogens (tertiary/aromatic N) is 3. The second kappa shape index (κ2) is 6.51. The van der Waals surface area contributed by atoms with Gasteiger partial charge in [0.25, 0.3) is 0 Å². The number of aromatic nitrogens is 4. The summed E-state index contributed by atoms with van der Waals surface area (Å²) in [4.78, 5) is 23.3. The van der Waals surface area contributed by atoms with Gasteiger partial charge in [-0.2, -0.15) is 4.98 Å². The van der Waals surface area contributed by atoms with Gasteiger partial charge in [-0.05, 0) is 24.1 Å². The van der Waals surface area contributed by atoms with E-state index >= 15 is 0 Å². The van der Waals surface area contributed by atoms with Crippen LogP contribution in [0, 0.1) is 0 Å². The van der Waals surface area contributed by atoms with Crippen LogP contribution in [-0.2, 0) is 6.54 Å². The zero-order valence-electron chi connectivity index (χ0n) is 12.8. The number of aromatic hydroxyl groups is 1. The van der Waals surface area contributed by atoms with Crippen LogP contribution in [0.3, 0.4) is 0 Å². The van der Waals surface area contributed by atoms with Crippen LogP contribution in [0.15, 0.2) is 35.3 Å². The number of hydrogen-bond donors (Lipinski definition) is 2. The van der Waals surface area contributed by atoms with Gasteiger partial charge in [-0.1, -0.05) is 25.5 Å². The summed E-state index contributed by atoms with van der Waals surface area (Å²) in [5, 5.41) is 9.34. The Balaban J connectivity index is 1.91. The fourth-order valence-electron chi connectivity index (χ4n) is 2.24. The molecule has 2 aromatic heterocycles. The summed E-state index contributed by atoms with van der Waals surface area (Å²) < 4.78 is 7.02. The molecule has 0 aliphatic carbocycles. The van der Waals surface area contributed by atoms with Gasteiger partial charge in [0, 0.05) is 0 Å². The highest BCUT2D eigenvalue weighted by atomic mass is 16.5. The maximum absolute atomic E-state index is 12.1. The zero-order chi connectivity index (χ0) is 16.2. The van der Waals surface area contributed by atoms with E-state index in [-0.39, 0.29) is 17.4 Å². The highest BCUT2D eigenvalue weighted by Crippen LogP contribution is 2.14. The quantitative estimate of drug-likeness (QED) is 0.679. The Kier molecular flexibility index (Phi) is 4.27. The van der Waals surface area contributed by atoms with E-state index in [4.69, 9.17) is 4.74 Å². The van der Waals surface area contributed by atoms with E-state index < -0.39 is 0 Å². The van der Waals surface area contributed by atoms with E-state index in [1.807, 2.05) is 0 Å². The minimum Gasteiger partial charge on any atom is -0.508 e. The topological polar surface area (TPSA) is 93.0 Å². The summed E-state index contributed by atoms with van der Waals surface area (Å²) >= 11 is 0. The van der Waals surface area contributed by atoms with Crippen molar-refractivity contribution in [2.24, 2.45) is 0 Å². The van der Waals surface area contributed by atoms with Crippen molar-refractivity contribution in [1.82, 2.24) is 19.5 Å². The summed E-state index contributed by atoms with van der Waals surface area (Å²) in [7, 11) is 0. The molecule has 0 saturated heterocycles. The minimum atomic E-state index is -0.256. The molecule has 0 unspecified atom stereocenters. The van der Waals surface area contributed by atoms with Crippen LogP contribution in [0.2, 0.25) is 0 Å². The number of H-pyrrole nitrogens is 1. The molecule has 120 valence electrons. The maximum atomic E-state index is 12.1. The average molecular weight is 314 g/mol. The van der Waals surface area contributed by atoms with Crippen LogP contribution < -0.4 is 10.4 Å². The Hall–Kier alpha value is -2.83. The van der Waals surface area contributed by atoms with Crippen LogP contribution in [-0.4, -0.2) is 31.2 Å². The van der Waals surface area contributed by atoms with Gasteiger partial charge >= 0.3 is 11.7 Å². The van der Waals surface area contributed by atoms with Crippen molar-refractivity contribution in [3.05, 3.63) is 46.5 Å². The van der Waals surface area contributed by atoms with Gasteiger partial charge < -0.3 is 14.8 Å². The lowest BCUT2D eigenvalue weighted by Gasteiger charge is -2.05. The Morgan fingerprint density at radius 1 is 1.30 bits per heavy atom. The van der Waals surface area contributed by atoms with E-state index in [1.165, 1.54) is 4.57 Å². The SMILES string of the molecule is CCCCOc1ncc2[nH]c(=O)n(Cc3ccc(O)cc3)c2n1. The maximum Gasteiger partial charge on any atom is 0.328 e. The predicted octanol–water partition coefficient (Wildman–Crippen LogP) is 2.05. The van der Waals surface area contributed by atoms with Crippen molar-refractivity contribution in [3.63, 3.8) is 0 Å². The van der Waals surface area contributed by atoms with Gasteiger partial charge in [0.15, 0.2) is 5.65 Å². The summed E-state index contributed by atoms with van der Waals surface area (Å²) in [6, 6.07) is 6.97. The van der Waals surface area contributed by atoms with Crippen LogP contribution in [0.5, 0.6) is 11.8 Å². The molecule has 0 radical (unpaired) electrons. The Morgan fingerprint density at radius 3 is 2.83 bits per heavy atom. The number of fused-ring (bicyclic) bond motifs is 1. The first-order valence-electron chi connectivity index (χ1n) is 7.53. The Morgan fingerprint density at radius 2 is 2.09 bits per heavy atom. The Labute approximate surface area is 132 Å². The first kappa shape index (κ1) is 15.1. The van der Waals surface area contributed by atoms with E-state index in [0.29, 0.717) is 24.3 Å². The molecule has 7 nitrogen and oxygen atoms in total. The van der Waals surface area contributed by atoms with Crippen LogP contribution in [0.4, 0.5) is 0 Å². The fourth-order valence-corrected chi connectivity index (χ4v) is 2.24. The predicted molar refractivity (Wildman–Crippen MR) is 85.8 cm³/mol. The molecule has 7 heteroatoms. The number of ether oxygens (including phenoxy) is 1. The van der Waals surface area contributed by atoms with E-state index in [9.17, 15) is 9.90 Å². The van der Waals surface area contributed by atoms with E-state index in [2.05, 4.69) is 21.9 Å². The largest absolute Gasteiger partial charge is 0.508 e. The van der Waals surface area contributed by atoms with Crippen molar-refractivity contribution in [2.75, 3.05) is 6.61 Å². The van der Waals surface area contributed by atoms with Crippen molar-refractivity contribution in [1.29, 1.82) is 0 Å². The molecule has 0 spiro atoms. The van der Waals surface area contributed by atoms with Gasteiger partial charge in [0.2, 0.25) is 0 Å². The number of phenols is 1.